The predicted octanol–water partition coefficient (Wildman–Crippen LogP) is 0.382. The average molecular weight is 266 g/mol. The molecule has 0 heterocycles. The van der Waals surface area contributed by atoms with Crippen molar-refractivity contribution in [2.45, 2.75) is 4.90 Å². The maximum atomic E-state index is 10.9. The fourth-order valence-electron chi connectivity index (χ4n) is 0.790. The molecule has 0 aliphatic rings. The van der Waals surface area contributed by atoms with Crippen LogP contribution in [0.15, 0.2) is 27.6 Å². The lowest BCUT2D eigenvalue weighted by atomic mass is 10.3. The molecule has 7 heteroatoms. The second kappa shape index (κ2) is 3.62. The number of nitrogens with one attached hydrogen (secondary N) is 1. The van der Waals surface area contributed by atoms with Crippen molar-refractivity contribution in [3.63, 3.8) is 0 Å². The molecule has 0 atom stereocenters. The van der Waals surface area contributed by atoms with Gasteiger partial charge >= 0.3 is 0 Å². The van der Waals surface area contributed by atoms with E-state index in [0.29, 0.717) is 10.2 Å². The van der Waals surface area contributed by atoms with Crippen molar-refractivity contribution in [3.8, 4) is 0 Å². The lowest BCUT2D eigenvalue weighted by Crippen LogP contribution is -2.13. The lowest BCUT2D eigenvalue weighted by molar-refractivity contribution is 0.598. The lowest BCUT2D eigenvalue weighted by Gasteiger charge is -2.04. The summed E-state index contributed by atoms with van der Waals surface area (Å²) in [6.07, 6.45) is 0. The van der Waals surface area contributed by atoms with Gasteiger partial charge in [-0.15, -0.1) is 0 Å². The Balaban J connectivity index is 3.26. The van der Waals surface area contributed by atoms with Crippen molar-refractivity contribution in [1.29, 1.82) is 0 Å². The summed E-state index contributed by atoms with van der Waals surface area (Å²) in [5.74, 6) is 5.15. The van der Waals surface area contributed by atoms with E-state index >= 15 is 0 Å². The second-order valence-corrected chi connectivity index (χ2v) is 4.75. The molecule has 0 spiro atoms. The minimum absolute atomic E-state index is 0.0402. The van der Waals surface area contributed by atoms with E-state index in [1.165, 1.54) is 18.2 Å². The molecule has 0 aliphatic carbocycles. The third kappa shape index (κ3) is 2.41. The van der Waals surface area contributed by atoms with Crippen LogP contribution >= 0.6 is 15.9 Å². The molecular weight excluding hydrogens is 258 g/mol. The Morgan fingerprint density at radius 1 is 1.38 bits per heavy atom. The first kappa shape index (κ1) is 10.5. The summed E-state index contributed by atoms with van der Waals surface area (Å²) >= 11 is 3.14. The van der Waals surface area contributed by atoms with Crippen LogP contribution in [0, 0.1) is 0 Å². The van der Waals surface area contributed by atoms with Crippen LogP contribution in [0.25, 0.3) is 0 Å². The van der Waals surface area contributed by atoms with E-state index < -0.39 is 10.0 Å². The van der Waals surface area contributed by atoms with Gasteiger partial charge in [0.2, 0.25) is 10.0 Å². The van der Waals surface area contributed by atoms with Crippen molar-refractivity contribution in [1.82, 2.24) is 0 Å². The van der Waals surface area contributed by atoms with E-state index in [-0.39, 0.29) is 4.90 Å². The SMILES string of the molecule is NNc1ccc(S(N)(=O)=O)cc1Br. The van der Waals surface area contributed by atoms with E-state index in [1.54, 1.807) is 0 Å². The number of nitrogens with two attached hydrogens (primary N) is 2. The third-order valence-electron chi connectivity index (χ3n) is 1.42. The van der Waals surface area contributed by atoms with Crippen LogP contribution in [0.5, 0.6) is 0 Å². The van der Waals surface area contributed by atoms with Gasteiger partial charge in [0.25, 0.3) is 0 Å². The molecule has 0 aromatic heterocycles. The molecule has 0 saturated carbocycles. The standard InChI is InChI=1S/C6H8BrN3O2S/c7-5-3-4(13(9,11)12)1-2-6(5)10-8/h1-3,10H,8H2,(H2,9,11,12). The fraction of sp³-hybridized carbons (Fsp3) is 0. The predicted molar refractivity (Wildman–Crippen MR) is 53.3 cm³/mol. The van der Waals surface area contributed by atoms with Crippen LogP contribution < -0.4 is 16.4 Å². The fourth-order valence-corrected chi connectivity index (χ4v) is 1.97. The van der Waals surface area contributed by atoms with Crippen molar-refractivity contribution < 1.29 is 8.42 Å². The van der Waals surface area contributed by atoms with Crippen LogP contribution in [0.3, 0.4) is 0 Å². The van der Waals surface area contributed by atoms with Crippen LogP contribution in [0.2, 0.25) is 0 Å². The Labute approximate surface area is 84.3 Å². The van der Waals surface area contributed by atoms with E-state index in [0.717, 1.165) is 0 Å². The third-order valence-corrected chi connectivity index (χ3v) is 2.99. The average Bonchev–Trinajstić information content (AvgIpc) is 2.02. The summed E-state index contributed by atoms with van der Waals surface area (Å²) in [5.41, 5.74) is 2.98. The van der Waals surface area contributed by atoms with Crippen LogP contribution in [0.1, 0.15) is 0 Å². The smallest absolute Gasteiger partial charge is 0.238 e. The van der Waals surface area contributed by atoms with Gasteiger partial charge in [-0.25, -0.2) is 13.6 Å². The Morgan fingerprint density at radius 2 is 2.00 bits per heavy atom. The Hall–Kier alpha value is -0.630. The molecule has 0 fully saturated rings. The number of primary sulfonamides is 1. The first-order chi connectivity index (χ1) is 5.95. The number of halogens is 1. The van der Waals surface area contributed by atoms with Gasteiger partial charge in [-0.3, -0.25) is 5.84 Å². The second-order valence-electron chi connectivity index (χ2n) is 2.33. The monoisotopic (exact) mass is 265 g/mol. The largest absolute Gasteiger partial charge is 0.323 e. The zero-order valence-electron chi connectivity index (χ0n) is 6.49. The number of anilines is 1. The molecule has 0 aliphatic heterocycles. The summed E-state index contributed by atoms with van der Waals surface area (Å²) in [6, 6.07) is 4.27. The number of benzene rings is 1. The molecule has 0 radical (unpaired) electrons. The minimum atomic E-state index is -3.65. The highest BCUT2D eigenvalue weighted by atomic mass is 79.9. The van der Waals surface area contributed by atoms with Crippen molar-refractivity contribution in [3.05, 3.63) is 22.7 Å². The van der Waals surface area contributed by atoms with Crippen molar-refractivity contribution >= 4 is 31.6 Å². The topological polar surface area (TPSA) is 98.2 Å². The quantitative estimate of drug-likeness (QED) is 0.532. The first-order valence-corrected chi connectivity index (χ1v) is 5.58. The van der Waals surface area contributed by atoms with Gasteiger partial charge in [0, 0.05) is 4.47 Å². The molecule has 0 bridgehead atoms. The van der Waals surface area contributed by atoms with Gasteiger partial charge in [0.05, 0.1) is 10.6 Å². The Bertz CT molecular complexity index is 418. The van der Waals surface area contributed by atoms with Gasteiger partial charge in [-0.1, -0.05) is 0 Å². The minimum Gasteiger partial charge on any atom is -0.323 e. The van der Waals surface area contributed by atoms with E-state index in [4.69, 9.17) is 11.0 Å². The highest BCUT2D eigenvalue weighted by Crippen LogP contribution is 2.24. The summed E-state index contributed by atoms with van der Waals surface area (Å²) in [4.78, 5) is 0.0402. The van der Waals surface area contributed by atoms with Gasteiger partial charge in [-0.2, -0.15) is 0 Å². The zero-order chi connectivity index (χ0) is 10.1. The molecule has 1 aromatic rings. The van der Waals surface area contributed by atoms with Gasteiger partial charge in [0.15, 0.2) is 0 Å². The molecule has 0 saturated heterocycles. The maximum absolute atomic E-state index is 10.9. The van der Waals surface area contributed by atoms with Crippen molar-refractivity contribution in [2.24, 2.45) is 11.0 Å². The Kier molecular flexibility index (Phi) is 2.91. The van der Waals surface area contributed by atoms with Gasteiger partial charge in [-0.05, 0) is 34.1 Å². The summed E-state index contributed by atoms with van der Waals surface area (Å²) in [7, 11) is -3.65. The van der Waals surface area contributed by atoms with Gasteiger partial charge in [0.1, 0.15) is 0 Å². The van der Waals surface area contributed by atoms with Gasteiger partial charge < -0.3 is 5.43 Å². The van der Waals surface area contributed by atoms with E-state index in [1.807, 2.05) is 0 Å². The van der Waals surface area contributed by atoms with E-state index in [2.05, 4.69) is 21.4 Å². The number of hydrogen-bond acceptors (Lipinski definition) is 4. The highest BCUT2D eigenvalue weighted by molar-refractivity contribution is 9.10. The number of nitrogen functional groups attached to an aromatic ring is 1. The van der Waals surface area contributed by atoms with Crippen LogP contribution in [-0.4, -0.2) is 8.42 Å². The van der Waals surface area contributed by atoms with E-state index in [9.17, 15) is 8.42 Å². The molecule has 5 N–H and O–H groups in total. The summed E-state index contributed by atoms with van der Waals surface area (Å²) in [5, 5.41) is 4.92. The number of hydrogen-bond donors (Lipinski definition) is 3. The Morgan fingerprint density at radius 3 is 2.38 bits per heavy atom. The number of hydrazine groups is 1. The number of rotatable bonds is 2. The van der Waals surface area contributed by atoms with Crippen LogP contribution in [-0.2, 0) is 10.0 Å². The molecule has 5 nitrogen and oxygen atoms in total. The molecule has 1 aromatic carbocycles. The molecule has 0 unspecified atom stereocenters. The molecule has 13 heavy (non-hydrogen) atoms. The summed E-state index contributed by atoms with van der Waals surface area (Å²) in [6.45, 7) is 0. The summed E-state index contributed by atoms with van der Waals surface area (Å²) < 4.78 is 22.3. The first-order valence-electron chi connectivity index (χ1n) is 3.24. The maximum Gasteiger partial charge on any atom is 0.238 e. The molecule has 0 amide bonds. The molecule has 72 valence electrons. The number of sulfonamides is 1. The van der Waals surface area contributed by atoms with Crippen molar-refractivity contribution in [2.75, 3.05) is 5.43 Å². The zero-order valence-corrected chi connectivity index (χ0v) is 8.89. The molecular formula is C6H8BrN3O2S. The highest BCUT2D eigenvalue weighted by Gasteiger charge is 2.09. The van der Waals surface area contributed by atoms with Crippen LogP contribution in [0.4, 0.5) is 5.69 Å². The molecule has 1 rings (SSSR count). The normalized spacial score (nSPS) is 11.3.